The lowest BCUT2D eigenvalue weighted by molar-refractivity contribution is -0.139. The molecule has 1 aromatic rings. The van der Waals surface area contributed by atoms with Gasteiger partial charge < -0.3 is 86.5 Å². The maximum absolute atomic E-state index is 13.6. The average Bonchev–Trinajstić information content (AvgIpc) is 3.26. The number of hydrogen-bond donors (Lipinski definition) is 16. The first-order valence-corrected chi connectivity index (χ1v) is 21.3. The predicted octanol–water partition coefficient (Wildman–Crippen LogP) is -6.23. The molecule has 0 aromatic heterocycles. The van der Waals surface area contributed by atoms with Crippen molar-refractivity contribution in [2.75, 3.05) is 39.3 Å². The normalized spacial score (nSPS) is 12.8. The zero-order chi connectivity index (χ0) is 51.3. The van der Waals surface area contributed by atoms with E-state index >= 15 is 0 Å². The molecule has 0 fully saturated rings. The van der Waals surface area contributed by atoms with Crippen molar-refractivity contribution in [3.05, 3.63) is 29.8 Å². The second-order valence-electron chi connectivity index (χ2n) is 15.6. The topological polar surface area (TPSA) is 482 Å². The van der Waals surface area contributed by atoms with E-state index < -0.39 is 128 Å². The maximum Gasteiger partial charge on any atom is 0.322 e. The zero-order valence-corrected chi connectivity index (χ0v) is 37.9. The molecule has 5 unspecified atom stereocenters. The van der Waals surface area contributed by atoms with Gasteiger partial charge in [-0.05, 0) is 62.1 Å². The van der Waals surface area contributed by atoms with Crippen LogP contribution in [-0.4, -0.2) is 156 Å². The minimum atomic E-state index is -1.55. The Hall–Kier alpha value is -7.78. The molecule has 0 aliphatic heterocycles. The number of carbonyl (C=O) groups excluding carboxylic acids is 8. The van der Waals surface area contributed by atoms with Crippen LogP contribution in [-0.2, 0) is 54.4 Å². The Bertz CT molecular complexity index is 1960. The molecule has 0 bridgehead atoms. The van der Waals surface area contributed by atoms with E-state index in [-0.39, 0.29) is 68.8 Å². The van der Waals surface area contributed by atoms with Crippen LogP contribution in [0.5, 0.6) is 5.75 Å². The first kappa shape index (κ1) is 58.2. The van der Waals surface area contributed by atoms with Crippen LogP contribution in [0.1, 0.15) is 64.4 Å². The molecule has 0 radical (unpaired) electrons. The monoisotopic (exact) mass is 963 g/mol. The minimum absolute atomic E-state index is 0.0528. The molecule has 1 aromatic carbocycles. The highest BCUT2D eigenvalue weighted by molar-refractivity contribution is 5.96. The number of carboxylic acids is 2. The molecule has 8 amide bonds. The van der Waals surface area contributed by atoms with Crippen molar-refractivity contribution >= 4 is 71.1 Å². The predicted molar refractivity (Wildman–Crippen MR) is 243 cm³/mol. The van der Waals surface area contributed by atoms with Crippen LogP contribution in [0.2, 0.25) is 0 Å². The van der Waals surface area contributed by atoms with Gasteiger partial charge in [-0.1, -0.05) is 26.0 Å². The second kappa shape index (κ2) is 31.2. The number of nitrogens with zero attached hydrogens (tertiary/aromatic N) is 2. The summed E-state index contributed by atoms with van der Waals surface area (Å²) in [6, 6.07) is -0.896. The van der Waals surface area contributed by atoms with Gasteiger partial charge in [-0.25, -0.2) is 0 Å². The van der Waals surface area contributed by atoms with Crippen LogP contribution < -0.4 is 71.2 Å². The molecule has 68 heavy (non-hydrogen) atoms. The van der Waals surface area contributed by atoms with Crippen molar-refractivity contribution in [2.45, 2.75) is 95.4 Å². The smallest absolute Gasteiger partial charge is 0.322 e. The molecule has 0 heterocycles. The van der Waals surface area contributed by atoms with Gasteiger partial charge in [-0.3, -0.25) is 57.9 Å². The summed E-state index contributed by atoms with van der Waals surface area (Å²) in [6.45, 7) is 1.01. The van der Waals surface area contributed by atoms with E-state index in [1.165, 1.54) is 24.3 Å². The molecule has 0 spiro atoms. The molecular formula is C40H65N15O13. The lowest BCUT2D eigenvalue weighted by Gasteiger charge is -2.24. The third kappa shape index (κ3) is 26.2. The van der Waals surface area contributed by atoms with Gasteiger partial charge in [0.15, 0.2) is 11.9 Å². The number of phenolic OH excluding ortho intramolecular Hbond substituents is 1. The van der Waals surface area contributed by atoms with Gasteiger partial charge in [0.2, 0.25) is 47.3 Å². The number of aromatic hydroxyl groups is 1. The first-order chi connectivity index (χ1) is 32.0. The van der Waals surface area contributed by atoms with Crippen molar-refractivity contribution in [1.29, 1.82) is 0 Å². The standard InChI is InChI=1S/C40H65N15O13/c1-21(2)15-27(36(66)51-20-33(62)63)52-30(58)18-48-29(57)17-49-37(67)28(16-22-7-9-23(56)10-8-22)53-31(59)19-50-35(65)26(11-12-32(60)61)55-38(68)25(6-4-14-47-40(44)45)54-34(64)24(41)5-3-13-46-39(42)43/h7-10,21,24-28,56H,3-6,11-20,41H2,1-2H3,(H,48,57)(H,49,67)(H,50,65)(H,51,66)(H,52,58)(H,53,59)(H,54,64)(H,55,68)(H,60,61)(H,62,63)(H4,42,43,46)(H4,44,45,47). The van der Waals surface area contributed by atoms with E-state index in [9.17, 15) is 58.2 Å². The van der Waals surface area contributed by atoms with E-state index in [1.54, 1.807) is 13.8 Å². The third-order valence-electron chi connectivity index (χ3n) is 9.26. The fourth-order valence-electron chi connectivity index (χ4n) is 5.89. The Morgan fingerprint density at radius 1 is 0.544 bits per heavy atom. The first-order valence-electron chi connectivity index (χ1n) is 21.3. The van der Waals surface area contributed by atoms with Crippen LogP contribution in [0, 0.1) is 5.92 Å². The SMILES string of the molecule is CC(C)CC(NC(=O)CNC(=O)CNC(=O)C(Cc1ccc(O)cc1)NC(=O)CNC(=O)C(CCC(=O)O)NC(=O)C(CCCN=C(N)N)NC(=O)C(N)CCCN=C(N)N)C(=O)NCC(=O)O. The van der Waals surface area contributed by atoms with Crippen LogP contribution in [0.15, 0.2) is 34.3 Å². The Morgan fingerprint density at radius 2 is 1.01 bits per heavy atom. The fraction of sp³-hybridized carbons (Fsp3) is 0.550. The number of aliphatic carboxylic acids is 2. The molecule has 28 heteroatoms. The lowest BCUT2D eigenvalue weighted by Crippen LogP contribution is -2.57. The van der Waals surface area contributed by atoms with Crippen molar-refractivity contribution in [1.82, 2.24) is 42.5 Å². The van der Waals surface area contributed by atoms with Gasteiger partial charge in [0, 0.05) is 25.9 Å². The number of carboxylic acid groups (broad SMARTS) is 2. The van der Waals surface area contributed by atoms with E-state index in [1.807, 2.05) is 0 Å². The molecule has 0 saturated carbocycles. The van der Waals surface area contributed by atoms with Crippen molar-refractivity contribution in [3.63, 3.8) is 0 Å². The van der Waals surface area contributed by atoms with E-state index in [0.717, 1.165) is 0 Å². The highest BCUT2D eigenvalue weighted by Gasteiger charge is 2.30. The van der Waals surface area contributed by atoms with Crippen LogP contribution >= 0.6 is 0 Å². The number of phenols is 1. The Labute approximate surface area is 391 Å². The Kier molecular flexibility index (Phi) is 26.7. The molecule has 0 aliphatic rings. The number of hydrogen-bond acceptors (Lipinski definition) is 14. The Morgan fingerprint density at radius 3 is 1.56 bits per heavy atom. The number of amides is 8. The number of benzene rings is 1. The van der Waals surface area contributed by atoms with Gasteiger partial charge in [0.25, 0.3) is 0 Å². The minimum Gasteiger partial charge on any atom is -0.508 e. The summed E-state index contributed by atoms with van der Waals surface area (Å²) in [6.07, 6.45) is -0.520. The molecule has 28 nitrogen and oxygen atoms in total. The van der Waals surface area contributed by atoms with Crippen LogP contribution in [0.3, 0.4) is 0 Å². The number of rotatable bonds is 32. The molecule has 0 saturated heterocycles. The summed E-state index contributed by atoms with van der Waals surface area (Å²) < 4.78 is 0. The number of carbonyl (C=O) groups is 10. The zero-order valence-electron chi connectivity index (χ0n) is 37.9. The summed E-state index contributed by atoms with van der Waals surface area (Å²) in [5, 5.41) is 46.8. The van der Waals surface area contributed by atoms with Gasteiger partial charge in [-0.15, -0.1) is 0 Å². The molecule has 5 atom stereocenters. The number of nitrogens with two attached hydrogens (primary N) is 5. The second-order valence-corrected chi connectivity index (χ2v) is 15.6. The summed E-state index contributed by atoms with van der Waals surface area (Å²) >= 11 is 0. The van der Waals surface area contributed by atoms with Gasteiger partial charge >= 0.3 is 11.9 Å². The third-order valence-corrected chi connectivity index (χ3v) is 9.26. The van der Waals surface area contributed by atoms with Crippen molar-refractivity contribution in [2.24, 2.45) is 44.6 Å². The highest BCUT2D eigenvalue weighted by Crippen LogP contribution is 2.12. The lowest BCUT2D eigenvalue weighted by atomic mass is 10.0. The number of aliphatic imine (C=N–C) groups is 2. The van der Waals surface area contributed by atoms with Gasteiger partial charge in [0.1, 0.15) is 36.5 Å². The molecule has 1 rings (SSSR count). The largest absolute Gasteiger partial charge is 0.508 e. The van der Waals surface area contributed by atoms with Crippen LogP contribution in [0.4, 0.5) is 0 Å². The quantitative estimate of drug-likeness (QED) is 0.0181. The van der Waals surface area contributed by atoms with E-state index in [2.05, 4.69) is 52.5 Å². The van der Waals surface area contributed by atoms with Crippen molar-refractivity contribution in [3.8, 4) is 5.75 Å². The molecule has 378 valence electrons. The van der Waals surface area contributed by atoms with Gasteiger partial charge in [0.05, 0.1) is 25.7 Å². The highest BCUT2D eigenvalue weighted by atomic mass is 16.4. The van der Waals surface area contributed by atoms with Gasteiger partial charge in [-0.2, -0.15) is 0 Å². The van der Waals surface area contributed by atoms with Crippen LogP contribution in [0.25, 0.3) is 0 Å². The molecule has 0 aliphatic carbocycles. The summed E-state index contributed by atoms with van der Waals surface area (Å²) in [7, 11) is 0. The van der Waals surface area contributed by atoms with E-state index in [4.69, 9.17) is 33.8 Å². The summed E-state index contributed by atoms with van der Waals surface area (Å²) in [4.78, 5) is 134. The Balaban J connectivity index is 3.07. The summed E-state index contributed by atoms with van der Waals surface area (Å²) in [5.41, 5.74) is 27.8. The maximum atomic E-state index is 13.6. The average molecular weight is 964 g/mol. The molecule has 21 N–H and O–H groups in total. The summed E-state index contributed by atoms with van der Waals surface area (Å²) in [5.74, 6) is -10.0. The van der Waals surface area contributed by atoms with E-state index in [0.29, 0.717) is 12.0 Å². The fourth-order valence-corrected chi connectivity index (χ4v) is 5.89. The number of nitrogens with one attached hydrogen (secondary N) is 8. The number of guanidine groups is 2. The molecular weight excluding hydrogens is 899 g/mol. The van der Waals surface area contributed by atoms with Crippen molar-refractivity contribution < 1.29 is 63.3 Å².